The first-order valence-corrected chi connectivity index (χ1v) is 3.69. The van der Waals surface area contributed by atoms with Gasteiger partial charge in [-0.1, -0.05) is 11.6 Å². The van der Waals surface area contributed by atoms with Crippen LogP contribution in [-0.4, -0.2) is 10.2 Å². The third-order valence-corrected chi connectivity index (χ3v) is 1.90. The van der Waals surface area contributed by atoms with Crippen molar-refractivity contribution in [2.45, 2.75) is 13.8 Å². The van der Waals surface area contributed by atoms with Crippen LogP contribution in [0.4, 0.5) is 0 Å². The predicted molar refractivity (Wildman–Crippen MR) is 47.7 cm³/mol. The summed E-state index contributed by atoms with van der Waals surface area (Å²) in [6, 6.07) is 6.25. The van der Waals surface area contributed by atoms with Gasteiger partial charge in [-0.15, -0.1) is 0 Å². The fourth-order valence-electron chi connectivity index (χ4n) is 1.25. The maximum absolute atomic E-state index is 4.13. The van der Waals surface area contributed by atoms with E-state index in [9.17, 15) is 0 Å². The van der Waals surface area contributed by atoms with Crippen molar-refractivity contribution in [1.29, 1.82) is 0 Å². The van der Waals surface area contributed by atoms with Gasteiger partial charge < -0.3 is 0 Å². The van der Waals surface area contributed by atoms with Crippen LogP contribution in [0.25, 0.3) is 10.9 Å². The Kier molecular flexibility index (Phi) is 1.22. The summed E-state index contributed by atoms with van der Waals surface area (Å²) in [5.41, 5.74) is 3.47. The van der Waals surface area contributed by atoms with Crippen molar-refractivity contribution in [3.8, 4) is 0 Å². The van der Waals surface area contributed by atoms with Crippen molar-refractivity contribution >= 4 is 10.9 Å². The molecule has 0 bridgehead atoms. The number of benzene rings is 1. The highest BCUT2D eigenvalue weighted by atomic mass is 15.1. The number of aromatic nitrogens is 2. The smallest absolute Gasteiger partial charge is 0.0923 e. The van der Waals surface area contributed by atoms with Crippen LogP contribution in [0, 0.1) is 13.8 Å². The molecule has 0 aliphatic carbocycles. The van der Waals surface area contributed by atoms with Crippen molar-refractivity contribution < 1.29 is 1.43 Å². The minimum Gasteiger partial charge on any atom is -0.282 e. The quantitative estimate of drug-likeness (QED) is 0.610. The molecule has 2 nitrogen and oxygen atoms in total. The van der Waals surface area contributed by atoms with E-state index in [1.807, 2.05) is 13.0 Å². The van der Waals surface area contributed by atoms with Crippen LogP contribution in [-0.2, 0) is 0 Å². The molecule has 1 aromatic heterocycles. The molecule has 2 aromatic rings. The Balaban J connectivity index is 0.000000720. The second-order valence-corrected chi connectivity index (χ2v) is 2.87. The predicted octanol–water partition coefficient (Wildman–Crippen LogP) is 2.43. The molecule has 0 spiro atoms. The van der Waals surface area contributed by atoms with Crippen molar-refractivity contribution in [2.75, 3.05) is 0 Å². The van der Waals surface area contributed by atoms with Crippen LogP contribution < -0.4 is 0 Å². The maximum Gasteiger partial charge on any atom is 0.0923 e. The van der Waals surface area contributed by atoms with Gasteiger partial charge >= 0.3 is 0 Å². The lowest BCUT2D eigenvalue weighted by atomic mass is 10.1. The lowest BCUT2D eigenvalue weighted by Crippen LogP contribution is -1.72. The molecule has 0 fully saturated rings. The average Bonchev–Trinajstić information content (AvgIpc) is 2.33. The number of fused-ring (bicyclic) bond motifs is 1. The third-order valence-electron chi connectivity index (χ3n) is 1.90. The van der Waals surface area contributed by atoms with Crippen molar-refractivity contribution in [1.82, 2.24) is 10.2 Å². The van der Waals surface area contributed by atoms with Crippen molar-refractivity contribution in [3.05, 3.63) is 29.5 Å². The van der Waals surface area contributed by atoms with Gasteiger partial charge in [0, 0.05) is 12.5 Å². The molecule has 0 aliphatic heterocycles. The van der Waals surface area contributed by atoms with E-state index < -0.39 is 0 Å². The molecule has 0 saturated carbocycles. The van der Waals surface area contributed by atoms with Crippen LogP contribution in [0.2, 0.25) is 0 Å². The number of aryl methyl sites for hydroxylation is 2. The molecule has 2 heteroatoms. The topological polar surface area (TPSA) is 28.7 Å². The molecule has 0 amide bonds. The van der Waals surface area contributed by atoms with Gasteiger partial charge in [0.2, 0.25) is 0 Å². The fourth-order valence-corrected chi connectivity index (χ4v) is 1.25. The number of hydrogen-bond acceptors (Lipinski definition) is 1. The molecule has 2 rings (SSSR count). The second kappa shape index (κ2) is 2.09. The molecule has 0 atom stereocenters. The molecular weight excluding hydrogens is 136 g/mol. The number of aromatic amines is 1. The summed E-state index contributed by atoms with van der Waals surface area (Å²) in [7, 11) is 0. The molecule has 0 aliphatic rings. The van der Waals surface area contributed by atoms with E-state index >= 15 is 0 Å². The van der Waals surface area contributed by atoms with Gasteiger partial charge in [0.1, 0.15) is 0 Å². The summed E-state index contributed by atoms with van der Waals surface area (Å²) in [5.74, 6) is 0. The normalized spacial score (nSPS) is 10.7. The van der Waals surface area contributed by atoms with E-state index in [1.54, 1.807) is 0 Å². The number of nitrogens with zero attached hydrogens (tertiary/aromatic N) is 1. The molecule has 1 aromatic carbocycles. The van der Waals surface area contributed by atoms with E-state index in [0.29, 0.717) is 0 Å². The van der Waals surface area contributed by atoms with Crippen LogP contribution in [0.15, 0.2) is 18.2 Å². The van der Waals surface area contributed by atoms with Crippen molar-refractivity contribution in [2.24, 2.45) is 0 Å². The lowest BCUT2D eigenvalue weighted by Gasteiger charge is -1.91. The second-order valence-electron chi connectivity index (χ2n) is 2.87. The zero-order valence-electron chi connectivity index (χ0n) is 6.68. The molecule has 1 heterocycles. The monoisotopic (exact) mass is 148 g/mol. The maximum atomic E-state index is 4.13. The number of rotatable bonds is 0. The molecule has 1 N–H and O–H groups in total. The Morgan fingerprint density at radius 2 is 2.18 bits per heavy atom. The largest absolute Gasteiger partial charge is 0.282 e. The first-order valence-electron chi connectivity index (χ1n) is 3.69. The Hall–Kier alpha value is -1.31. The summed E-state index contributed by atoms with van der Waals surface area (Å²) < 4.78 is 0. The van der Waals surface area contributed by atoms with Gasteiger partial charge in [0.25, 0.3) is 0 Å². The summed E-state index contributed by atoms with van der Waals surface area (Å²) in [6.07, 6.45) is 0. The molecule has 58 valence electrons. The SMILES string of the molecule is Cc1ccc2n[nH]c(C)c2c1.[HH]. The van der Waals surface area contributed by atoms with Gasteiger partial charge in [-0.2, -0.15) is 5.10 Å². The van der Waals surface area contributed by atoms with Gasteiger partial charge in [0.15, 0.2) is 0 Å². The Morgan fingerprint density at radius 3 is 3.00 bits per heavy atom. The molecule has 11 heavy (non-hydrogen) atoms. The van der Waals surface area contributed by atoms with Crippen molar-refractivity contribution in [3.63, 3.8) is 0 Å². The van der Waals surface area contributed by atoms with E-state index in [0.717, 1.165) is 11.2 Å². The fraction of sp³-hybridized carbons (Fsp3) is 0.222. The van der Waals surface area contributed by atoms with Gasteiger partial charge in [-0.3, -0.25) is 5.10 Å². The highest BCUT2D eigenvalue weighted by Gasteiger charge is 1.98. The minimum absolute atomic E-state index is 0. The summed E-state index contributed by atoms with van der Waals surface area (Å²) in [6.45, 7) is 4.13. The third kappa shape index (κ3) is 0.909. The zero-order valence-corrected chi connectivity index (χ0v) is 6.68. The summed E-state index contributed by atoms with van der Waals surface area (Å²) >= 11 is 0. The average molecular weight is 148 g/mol. The van der Waals surface area contributed by atoms with Crippen LogP contribution >= 0.6 is 0 Å². The summed E-state index contributed by atoms with van der Waals surface area (Å²) in [5, 5.41) is 8.32. The Bertz CT molecular complexity index is 392. The molecular formula is C9H12N2. The highest BCUT2D eigenvalue weighted by Crippen LogP contribution is 2.15. The van der Waals surface area contributed by atoms with Crippen LogP contribution in [0.1, 0.15) is 12.7 Å². The molecule has 0 saturated heterocycles. The molecule has 0 radical (unpaired) electrons. The van der Waals surface area contributed by atoms with Gasteiger partial charge in [-0.25, -0.2) is 0 Å². The summed E-state index contributed by atoms with van der Waals surface area (Å²) in [4.78, 5) is 0. The minimum atomic E-state index is 0. The number of H-pyrrole nitrogens is 1. The first kappa shape index (κ1) is 6.40. The van der Waals surface area contributed by atoms with Crippen LogP contribution in [0.3, 0.4) is 0 Å². The number of hydrogen-bond donors (Lipinski definition) is 1. The van der Waals surface area contributed by atoms with Gasteiger partial charge in [0.05, 0.1) is 5.52 Å². The lowest BCUT2D eigenvalue weighted by molar-refractivity contribution is 1.07. The van der Waals surface area contributed by atoms with E-state index in [1.165, 1.54) is 10.9 Å². The van der Waals surface area contributed by atoms with Gasteiger partial charge in [-0.05, 0) is 26.0 Å². The number of nitrogens with one attached hydrogen (secondary N) is 1. The standard InChI is InChI=1S/C9H10N2.H2/c1-6-3-4-9-8(5-6)7(2)10-11-9;/h3-5H,1-2H3,(H,10,11);1H. The Labute approximate surface area is 66.7 Å². The van der Waals surface area contributed by atoms with E-state index in [2.05, 4.69) is 29.3 Å². The van der Waals surface area contributed by atoms with Crippen LogP contribution in [0.5, 0.6) is 0 Å². The Morgan fingerprint density at radius 1 is 1.36 bits per heavy atom. The molecule has 0 unspecified atom stereocenters. The zero-order chi connectivity index (χ0) is 7.84. The highest BCUT2D eigenvalue weighted by molar-refractivity contribution is 5.81. The van der Waals surface area contributed by atoms with E-state index in [4.69, 9.17) is 0 Å². The van der Waals surface area contributed by atoms with E-state index in [-0.39, 0.29) is 1.43 Å². The first-order chi connectivity index (χ1) is 5.27.